The highest BCUT2D eigenvalue weighted by Gasteiger charge is 2.51. The van der Waals surface area contributed by atoms with Crippen LogP contribution in [0.2, 0.25) is 0 Å². The summed E-state index contributed by atoms with van der Waals surface area (Å²) in [4.78, 5) is 29.7. The highest BCUT2D eigenvalue weighted by molar-refractivity contribution is 5.79. The Morgan fingerprint density at radius 2 is 2.08 bits per heavy atom. The molecule has 0 N–H and O–H groups in total. The molecule has 1 spiro atoms. The van der Waals surface area contributed by atoms with Crippen LogP contribution in [0.5, 0.6) is 0 Å². The molecule has 0 unspecified atom stereocenters. The molecule has 1 aromatic heterocycles. The molecule has 2 saturated heterocycles. The lowest BCUT2D eigenvalue weighted by Crippen LogP contribution is -2.45. The van der Waals surface area contributed by atoms with Crippen LogP contribution in [-0.2, 0) is 16.2 Å². The first-order valence-corrected chi connectivity index (χ1v) is 9.60. The first-order valence-electron chi connectivity index (χ1n) is 9.60. The minimum Gasteiger partial charge on any atom is -0.298 e. The quantitative estimate of drug-likeness (QED) is 0.842. The number of nitrogens with zero attached hydrogens (tertiary/aromatic N) is 4. The van der Waals surface area contributed by atoms with Crippen molar-refractivity contribution in [2.45, 2.75) is 52.0 Å². The standard InChI is InChI=1S/C19H28N4O2/c1-15-20-11-16(12-21-15)13-22-9-7-19(14-22)6-4-5-17(19)18(24)23-8-2-3-10-25-23/h11-12,17H,2-10,13-14H2,1H3/t17-,19+/m1/s1. The fraction of sp³-hybridized carbons (Fsp3) is 0.737. The van der Waals surface area contributed by atoms with Crippen molar-refractivity contribution in [3.05, 3.63) is 23.8 Å². The van der Waals surface area contributed by atoms with E-state index in [4.69, 9.17) is 4.84 Å². The third-order valence-electron chi connectivity index (χ3n) is 6.16. The molecule has 1 amide bonds. The smallest absolute Gasteiger partial charge is 0.249 e. The van der Waals surface area contributed by atoms with E-state index in [-0.39, 0.29) is 17.2 Å². The van der Waals surface area contributed by atoms with Crippen molar-refractivity contribution in [1.29, 1.82) is 0 Å². The highest BCUT2D eigenvalue weighted by Crippen LogP contribution is 2.50. The number of rotatable bonds is 3. The molecule has 1 aromatic rings. The molecule has 0 bridgehead atoms. The first-order chi connectivity index (χ1) is 12.2. The van der Waals surface area contributed by atoms with Crippen molar-refractivity contribution in [1.82, 2.24) is 19.9 Å². The van der Waals surface area contributed by atoms with Gasteiger partial charge in [0.15, 0.2) is 0 Å². The van der Waals surface area contributed by atoms with Crippen molar-refractivity contribution >= 4 is 5.91 Å². The van der Waals surface area contributed by atoms with Gasteiger partial charge in [-0.2, -0.15) is 0 Å². The van der Waals surface area contributed by atoms with Crippen molar-refractivity contribution in [2.75, 3.05) is 26.2 Å². The lowest BCUT2D eigenvalue weighted by atomic mass is 9.76. The van der Waals surface area contributed by atoms with Gasteiger partial charge in [-0.15, -0.1) is 0 Å². The van der Waals surface area contributed by atoms with Gasteiger partial charge in [0.05, 0.1) is 6.61 Å². The maximum absolute atomic E-state index is 13.0. The van der Waals surface area contributed by atoms with E-state index < -0.39 is 0 Å². The fourth-order valence-corrected chi connectivity index (χ4v) is 4.84. The molecule has 25 heavy (non-hydrogen) atoms. The Bertz CT molecular complexity index is 614. The largest absolute Gasteiger partial charge is 0.298 e. The number of carbonyl (C=O) groups excluding carboxylic acids is 1. The van der Waals surface area contributed by atoms with Crippen LogP contribution >= 0.6 is 0 Å². The van der Waals surface area contributed by atoms with E-state index in [1.54, 1.807) is 5.06 Å². The zero-order valence-electron chi connectivity index (χ0n) is 15.1. The second-order valence-corrected chi connectivity index (χ2v) is 7.89. The number of carbonyl (C=O) groups is 1. The molecule has 3 fully saturated rings. The summed E-state index contributed by atoms with van der Waals surface area (Å²) in [7, 11) is 0. The number of aryl methyl sites for hydroxylation is 1. The maximum Gasteiger partial charge on any atom is 0.249 e. The van der Waals surface area contributed by atoms with Gasteiger partial charge < -0.3 is 0 Å². The maximum atomic E-state index is 13.0. The van der Waals surface area contributed by atoms with Gasteiger partial charge in [0.1, 0.15) is 5.82 Å². The number of hydrogen-bond donors (Lipinski definition) is 0. The topological polar surface area (TPSA) is 58.6 Å². The molecule has 3 aliphatic rings. The van der Waals surface area contributed by atoms with Gasteiger partial charge in [-0.25, -0.2) is 15.0 Å². The molecule has 6 nitrogen and oxygen atoms in total. The van der Waals surface area contributed by atoms with Gasteiger partial charge in [-0.3, -0.25) is 14.5 Å². The second-order valence-electron chi connectivity index (χ2n) is 7.89. The summed E-state index contributed by atoms with van der Waals surface area (Å²) < 4.78 is 0. The van der Waals surface area contributed by atoms with Crippen molar-refractivity contribution in [3.8, 4) is 0 Å². The van der Waals surface area contributed by atoms with Crippen molar-refractivity contribution in [3.63, 3.8) is 0 Å². The molecule has 136 valence electrons. The molecule has 1 saturated carbocycles. The number of likely N-dealkylation sites (tertiary alicyclic amines) is 1. The number of aromatic nitrogens is 2. The summed E-state index contributed by atoms with van der Waals surface area (Å²) in [5.41, 5.74) is 1.30. The summed E-state index contributed by atoms with van der Waals surface area (Å²) in [6.07, 6.45) is 10.4. The summed E-state index contributed by atoms with van der Waals surface area (Å²) >= 11 is 0. The first kappa shape index (κ1) is 16.9. The Balaban J connectivity index is 1.42. The van der Waals surface area contributed by atoms with Crippen LogP contribution in [0.3, 0.4) is 0 Å². The molecule has 4 rings (SSSR count). The summed E-state index contributed by atoms with van der Waals surface area (Å²) in [6, 6.07) is 0. The molecule has 1 aliphatic carbocycles. The lowest BCUT2D eigenvalue weighted by molar-refractivity contribution is -0.204. The van der Waals surface area contributed by atoms with E-state index in [1.165, 1.54) is 0 Å². The van der Waals surface area contributed by atoms with E-state index in [2.05, 4.69) is 14.9 Å². The van der Waals surface area contributed by atoms with Gasteiger partial charge in [0.25, 0.3) is 0 Å². The zero-order valence-corrected chi connectivity index (χ0v) is 15.1. The molecule has 3 heterocycles. The Labute approximate surface area is 149 Å². The van der Waals surface area contributed by atoms with Gasteiger partial charge in [-0.05, 0) is 51.0 Å². The number of amides is 1. The monoisotopic (exact) mass is 344 g/mol. The van der Waals surface area contributed by atoms with E-state index >= 15 is 0 Å². The van der Waals surface area contributed by atoms with Crippen LogP contribution in [0.1, 0.15) is 49.9 Å². The average molecular weight is 344 g/mol. The Morgan fingerprint density at radius 3 is 2.84 bits per heavy atom. The van der Waals surface area contributed by atoms with Crippen LogP contribution in [0.25, 0.3) is 0 Å². The Hall–Kier alpha value is -1.53. The van der Waals surface area contributed by atoms with Gasteiger partial charge in [0.2, 0.25) is 5.91 Å². The third kappa shape index (κ3) is 3.42. The van der Waals surface area contributed by atoms with Gasteiger partial charge in [0, 0.05) is 43.5 Å². The van der Waals surface area contributed by atoms with Crippen molar-refractivity contribution in [2.24, 2.45) is 11.3 Å². The third-order valence-corrected chi connectivity index (χ3v) is 6.16. The van der Waals surface area contributed by atoms with Crippen LogP contribution < -0.4 is 0 Å². The molecule has 6 heteroatoms. The van der Waals surface area contributed by atoms with E-state index in [9.17, 15) is 4.79 Å². The highest BCUT2D eigenvalue weighted by atomic mass is 16.7. The second kappa shape index (κ2) is 7.00. The lowest BCUT2D eigenvalue weighted by Gasteiger charge is -2.35. The summed E-state index contributed by atoms with van der Waals surface area (Å²) in [5.74, 6) is 1.17. The minimum absolute atomic E-state index is 0.130. The van der Waals surface area contributed by atoms with Gasteiger partial charge >= 0.3 is 0 Å². The molecule has 2 aliphatic heterocycles. The summed E-state index contributed by atoms with van der Waals surface area (Å²) in [6.45, 7) is 6.29. The van der Waals surface area contributed by atoms with E-state index in [0.717, 1.165) is 76.1 Å². The normalized spacial score (nSPS) is 30.3. The number of hydroxylamine groups is 2. The molecule has 0 radical (unpaired) electrons. The zero-order chi connectivity index (χ0) is 17.3. The average Bonchev–Trinajstić information content (AvgIpc) is 3.24. The Morgan fingerprint density at radius 1 is 1.24 bits per heavy atom. The van der Waals surface area contributed by atoms with E-state index in [1.807, 2.05) is 19.3 Å². The van der Waals surface area contributed by atoms with E-state index in [0.29, 0.717) is 6.61 Å². The predicted octanol–water partition coefficient (Wildman–Crippen LogP) is 2.33. The van der Waals surface area contributed by atoms with Crippen molar-refractivity contribution < 1.29 is 9.63 Å². The fourth-order valence-electron chi connectivity index (χ4n) is 4.84. The van der Waals surface area contributed by atoms with Crippen LogP contribution in [-0.4, -0.2) is 52.1 Å². The number of hydrogen-bond acceptors (Lipinski definition) is 5. The molecule has 2 atom stereocenters. The molecular weight excluding hydrogens is 316 g/mol. The SMILES string of the molecule is Cc1ncc(CN2CC[C@@]3(CCC[C@@H]3C(=O)N3CCCCO3)C2)cn1. The minimum atomic E-state index is 0.130. The van der Waals surface area contributed by atoms with Crippen LogP contribution in [0.15, 0.2) is 12.4 Å². The van der Waals surface area contributed by atoms with Gasteiger partial charge in [-0.1, -0.05) is 6.42 Å². The molecular formula is C19H28N4O2. The van der Waals surface area contributed by atoms with Crippen LogP contribution in [0, 0.1) is 18.3 Å². The Kier molecular flexibility index (Phi) is 4.73. The molecule has 0 aromatic carbocycles. The summed E-state index contributed by atoms with van der Waals surface area (Å²) in [5, 5.41) is 1.66. The van der Waals surface area contributed by atoms with Crippen LogP contribution in [0.4, 0.5) is 0 Å². The predicted molar refractivity (Wildman–Crippen MR) is 93.3 cm³/mol.